The van der Waals surface area contributed by atoms with E-state index in [9.17, 15) is 62.1 Å². The van der Waals surface area contributed by atoms with E-state index in [2.05, 4.69) is 40.9 Å². The van der Waals surface area contributed by atoms with Crippen LogP contribution in [0.1, 0.15) is 11.1 Å². The van der Waals surface area contributed by atoms with Gasteiger partial charge in [0.05, 0.1) is 55.3 Å². The predicted octanol–water partition coefficient (Wildman–Crippen LogP) is -3.27. The molecule has 8 rings (SSSR count). The first-order valence-electron chi connectivity index (χ1n) is 21.2. The zero-order valence-corrected chi connectivity index (χ0v) is 54.0. The van der Waals surface area contributed by atoms with Crippen LogP contribution in [0.4, 0.5) is 68.2 Å². The summed E-state index contributed by atoms with van der Waals surface area (Å²) in [7, 11) is -20.4. The van der Waals surface area contributed by atoms with E-state index in [0.29, 0.717) is 11.1 Å². The number of benzene rings is 8. The maximum Gasteiger partial charge on any atom is 1.00 e. The maximum atomic E-state index is 13.6. The number of azo groups is 4. The van der Waals surface area contributed by atoms with Crippen molar-refractivity contribution in [1.29, 1.82) is 0 Å². The summed E-state index contributed by atoms with van der Waals surface area (Å²) in [4.78, 5) is -3.47. The van der Waals surface area contributed by atoms with E-state index in [4.69, 9.17) is 22.9 Å². The zero-order chi connectivity index (χ0) is 55.4. The Bertz CT molecular complexity index is 4110. The van der Waals surface area contributed by atoms with Gasteiger partial charge in [0.1, 0.15) is 41.4 Å². The Kier molecular flexibility index (Phi) is 22.1. The van der Waals surface area contributed by atoms with Gasteiger partial charge in [0.15, 0.2) is 0 Å². The van der Waals surface area contributed by atoms with Gasteiger partial charge in [-0.2, -0.15) is 37.3 Å². The van der Waals surface area contributed by atoms with Crippen LogP contribution in [0.3, 0.4) is 0 Å². The molecule has 8 aromatic carbocycles. The molecule has 0 unspecified atom stereocenters. The molecule has 0 bridgehead atoms. The van der Waals surface area contributed by atoms with E-state index in [1.54, 1.807) is 24.3 Å². The van der Waals surface area contributed by atoms with E-state index in [1.807, 2.05) is 0 Å². The van der Waals surface area contributed by atoms with Crippen LogP contribution in [-0.2, 0) is 40.5 Å². The number of fused-ring (bicyclic) bond motifs is 2. The molecule has 10 N–H and O–H groups in total. The van der Waals surface area contributed by atoms with Gasteiger partial charge in [-0.3, -0.25) is 9.11 Å². The number of nitrogen functional groups attached to an aromatic ring is 4. The molecule has 80 heavy (non-hydrogen) atoms. The number of rotatable bonds is 13. The van der Waals surface area contributed by atoms with E-state index < -0.39 is 94.3 Å². The Morgan fingerprint density at radius 1 is 0.388 bits per heavy atom. The van der Waals surface area contributed by atoms with Gasteiger partial charge in [-0.1, -0.05) is 47.9 Å². The van der Waals surface area contributed by atoms with Crippen molar-refractivity contribution in [3.63, 3.8) is 0 Å². The summed E-state index contributed by atoms with van der Waals surface area (Å²) in [6, 6.07) is 23.3. The molecule has 0 radical (unpaired) electrons. The van der Waals surface area contributed by atoms with Gasteiger partial charge in [-0.25, -0.2) is 16.8 Å². The normalized spacial score (nSPS) is 12.2. The van der Waals surface area contributed by atoms with Crippen molar-refractivity contribution in [3.8, 4) is 22.6 Å². The average molecular weight is 1200 g/mol. The Labute approximate surface area is 544 Å². The molecule has 0 spiro atoms. The molecular weight excluding hydrogens is 1160 g/mol. The maximum absolute atomic E-state index is 13.6. The zero-order valence-electron chi connectivity index (χ0n) is 42.7. The standard InChI is InChI=1S/C46H38N12O14S4.4Na/c1-21-33(47)19-37(75(67,68)69)41(39(21)49)55-53-29-11-13-31-25(15-29)17-35(73(61,62)63)43(45(31)59)57-51-27-7-3-23(4-8-27)24-5-9-28(10-6-24)52-58-44-36(74(64,65)66)18-26-16-30(12-14-32(26)46(44)60)54-56-42-38(76(70,71)72)20-34(48)22(2)40(42)50;;;;/h3-20,59-60H,47-50H2,1-2H3,(H,61,62,63)(H,64,65,66)(H,67,68,69)(H,70,71,72);;;;/q;4*+1/p-4. The third kappa shape index (κ3) is 14.7. The van der Waals surface area contributed by atoms with Crippen molar-refractivity contribution >= 4 is 130 Å². The summed E-state index contributed by atoms with van der Waals surface area (Å²) in [5.74, 6) is -1.96. The van der Waals surface area contributed by atoms with Crippen LogP contribution in [0.15, 0.2) is 170 Å². The Hall–Kier alpha value is -4.88. The van der Waals surface area contributed by atoms with Gasteiger partial charge < -0.3 is 42.3 Å². The molecule has 0 aliphatic carbocycles. The van der Waals surface area contributed by atoms with Gasteiger partial charge in [0.25, 0.3) is 20.2 Å². The Morgan fingerprint density at radius 2 is 0.675 bits per heavy atom. The Morgan fingerprint density at radius 3 is 0.975 bits per heavy atom. The first-order chi connectivity index (χ1) is 35.5. The van der Waals surface area contributed by atoms with E-state index in [-0.39, 0.29) is 196 Å². The third-order valence-electron chi connectivity index (χ3n) is 11.5. The summed E-state index contributed by atoms with van der Waals surface area (Å²) in [5.41, 5.74) is 22.5. The summed E-state index contributed by atoms with van der Waals surface area (Å²) < 4.78 is 142. The number of anilines is 4. The number of nitrogens with zero attached hydrogens (tertiary/aromatic N) is 8. The molecule has 0 aliphatic heterocycles. The molecule has 0 atom stereocenters. The van der Waals surface area contributed by atoms with Crippen molar-refractivity contribution in [2.24, 2.45) is 40.9 Å². The second-order valence-corrected chi connectivity index (χ2v) is 21.8. The first kappa shape index (κ1) is 67.6. The second kappa shape index (κ2) is 26.1. The molecule has 0 amide bonds. The SMILES string of the molecule is Cc1c(N)cc(S(=O)(=O)O)c(N=Nc2ccc3c([O-])c(N=Nc4ccc(-c5ccc(N=Nc6c(S(=O)(=O)[O-])cc7cc(N=Nc8c(S(=O)(=O)O)cc(N)c(C)c8N)ccc7c6[O-])cc5)cc4)c(S(=O)(=O)[O-])cc3c2)c1N.[Na+].[Na+].[Na+].[Na+]. The molecule has 390 valence electrons. The van der Waals surface area contributed by atoms with Crippen LogP contribution < -0.4 is 151 Å². The van der Waals surface area contributed by atoms with E-state index >= 15 is 0 Å². The number of nitrogens with two attached hydrogens (primary N) is 4. The molecule has 0 saturated heterocycles. The molecule has 26 nitrogen and oxygen atoms in total. The summed E-state index contributed by atoms with van der Waals surface area (Å²) in [6.45, 7) is 2.96. The van der Waals surface area contributed by atoms with Gasteiger partial charge in [-0.15, -0.1) is 20.5 Å². The van der Waals surface area contributed by atoms with Gasteiger partial charge >= 0.3 is 118 Å². The van der Waals surface area contributed by atoms with Crippen molar-refractivity contribution < 1.29 is 180 Å². The monoisotopic (exact) mass is 1200 g/mol. The minimum atomic E-state index is -5.34. The topological polar surface area (TPSA) is 472 Å². The smallest absolute Gasteiger partial charge is 0.871 e. The molecule has 0 aliphatic rings. The number of hydrogen-bond donors (Lipinski definition) is 6. The summed E-state index contributed by atoms with van der Waals surface area (Å²) >= 11 is 0. The van der Waals surface area contributed by atoms with Crippen LogP contribution in [0.25, 0.3) is 32.7 Å². The third-order valence-corrected chi connectivity index (χ3v) is 14.9. The van der Waals surface area contributed by atoms with E-state index in [1.165, 1.54) is 74.5 Å². The molecular formula is C46H34N12Na4O14S4. The fraction of sp³-hybridized carbons (Fsp3) is 0.0435. The van der Waals surface area contributed by atoms with Gasteiger partial charge in [-0.05, 0) is 130 Å². The minimum Gasteiger partial charge on any atom is -0.871 e. The summed E-state index contributed by atoms with van der Waals surface area (Å²) in [6.07, 6.45) is 0. The van der Waals surface area contributed by atoms with Crippen molar-refractivity contribution in [2.45, 2.75) is 33.4 Å². The number of hydrogen-bond acceptors (Lipinski definition) is 24. The van der Waals surface area contributed by atoms with Crippen molar-refractivity contribution in [2.75, 3.05) is 22.9 Å². The molecule has 0 fully saturated rings. The average Bonchev–Trinajstić information content (AvgIpc) is 3.34. The van der Waals surface area contributed by atoms with Crippen LogP contribution in [0.5, 0.6) is 11.5 Å². The Balaban J connectivity index is 0.00000344. The van der Waals surface area contributed by atoms with Crippen LogP contribution in [0, 0.1) is 13.8 Å². The fourth-order valence-electron chi connectivity index (χ4n) is 7.38. The van der Waals surface area contributed by atoms with Gasteiger partial charge in [0.2, 0.25) is 0 Å². The predicted molar refractivity (Wildman–Crippen MR) is 271 cm³/mol. The van der Waals surface area contributed by atoms with Crippen molar-refractivity contribution in [3.05, 3.63) is 120 Å². The fourth-order valence-corrected chi connectivity index (χ4v) is 10.0. The molecule has 0 aromatic heterocycles. The summed E-state index contributed by atoms with van der Waals surface area (Å²) in [5, 5.41) is 58.0. The second-order valence-electron chi connectivity index (χ2n) is 16.4. The van der Waals surface area contributed by atoms with Gasteiger partial charge in [0, 0.05) is 11.4 Å². The van der Waals surface area contributed by atoms with Crippen LogP contribution in [-0.4, -0.2) is 51.9 Å². The molecule has 34 heteroatoms. The quantitative estimate of drug-likeness (QED) is 0.0285. The molecule has 0 heterocycles. The van der Waals surface area contributed by atoms with Crippen molar-refractivity contribution in [1.82, 2.24) is 0 Å². The van der Waals surface area contributed by atoms with Crippen LogP contribution in [0.2, 0.25) is 0 Å². The minimum absolute atomic E-state index is 0. The first-order valence-corrected chi connectivity index (χ1v) is 26.9. The molecule has 0 saturated carbocycles. The largest absolute Gasteiger partial charge is 1.00 e. The molecule has 8 aromatic rings. The van der Waals surface area contributed by atoms with Crippen LogP contribution >= 0.6 is 0 Å². The van der Waals surface area contributed by atoms with E-state index in [0.717, 1.165) is 24.3 Å².